The van der Waals surface area contributed by atoms with Gasteiger partial charge in [0.2, 0.25) is 0 Å². The van der Waals surface area contributed by atoms with Crippen LogP contribution in [0.2, 0.25) is 0 Å². The molecule has 0 bridgehead atoms. The lowest BCUT2D eigenvalue weighted by atomic mass is 9.65. The van der Waals surface area contributed by atoms with Gasteiger partial charge in [-0.25, -0.2) is 4.79 Å². The van der Waals surface area contributed by atoms with Crippen molar-refractivity contribution >= 4 is 5.97 Å². The molecule has 3 heteroatoms. The Morgan fingerprint density at radius 2 is 1.27 bits per heavy atom. The van der Waals surface area contributed by atoms with E-state index in [1.807, 2.05) is 0 Å². The normalized spacial score (nSPS) is 35.0. The number of aliphatic hydroxyl groups excluding tert-OH is 1. The first-order valence-corrected chi connectivity index (χ1v) is 13.1. The molecule has 3 nitrogen and oxygen atoms in total. The molecule has 3 rings (SSSR count). The summed E-state index contributed by atoms with van der Waals surface area (Å²) >= 11 is 0. The highest BCUT2D eigenvalue weighted by atomic mass is 16.5. The molecule has 3 saturated carbocycles. The first-order valence-electron chi connectivity index (χ1n) is 13.1. The number of esters is 1. The van der Waals surface area contributed by atoms with Gasteiger partial charge in [0.25, 0.3) is 0 Å². The van der Waals surface area contributed by atoms with Gasteiger partial charge in [-0.1, -0.05) is 52.0 Å². The van der Waals surface area contributed by atoms with Crippen LogP contribution in [0.4, 0.5) is 0 Å². The zero-order valence-corrected chi connectivity index (χ0v) is 19.5. The molecule has 0 amide bonds. The molecule has 3 aliphatic carbocycles. The summed E-state index contributed by atoms with van der Waals surface area (Å²) in [5.41, 5.74) is 0.172. The summed E-state index contributed by atoms with van der Waals surface area (Å²) in [6, 6.07) is 0. The van der Waals surface area contributed by atoms with Gasteiger partial charge in [-0.15, -0.1) is 0 Å². The molecule has 30 heavy (non-hydrogen) atoms. The largest absolute Gasteiger partial charge is 0.459 e. The SMILES string of the molecule is C=C(CO)C(=O)OC1CCC(C2CCC(C3CCC(CCCCC)CC3)CC2)CC1. The van der Waals surface area contributed by atoms with Crippen LogP contribution in [0.3, 0.4) is 0 Å². The summed E-state index contributed by atoms with van der Waals surface area (Å²) in [4.78, 5) is 11.8. The standard InChI is InChI=1S/C27H46O3/c1-3-4-5-6-21-7-9-22(10-8-21)23-11-13-24(14-12-23)25-15-17-26(18-16-25)30-27(29)20(2)19-28/h21-26,28H,2-19H2,1H3. The number of hydrogen-bond donors (Lipinski definition) is 1. The van der Waals surface area contributed by atoms with Crippen LogP contribution in [0, 0.1) is 29.6 Å². The predicted octanol–water partition coefficient (Wildman–Crippen LogP) is 6.83. The number of hydrogen-bond acceptors (Lipinski definition) is 3. The van der Waals surface area contributed by atoms with Crippen molar-refractivity contribution < 1.29 is 14.6 Å². The van der Waals surface area contributed by atoms with Gasteiger partial charge in [0, 0.05) is 0 Å². The number of ether oxygens (including phenoxy) is 1. The lowest BCUT2D eigenvalue weighted by molar-refractivity contribution is -0.146. The van der Waals surface area contributed by atoms with Crippen molar-refractivity contribution in [1.29, 1.82) is 0 Å². The second-order valence-electron chi connectivity index (χ2n) is 10.7. The maximum absolute atomic E-state index is 11.8. The maximum atomic E-state index is 11.8. The first-order chi connectivity index (χ1) is 14.6. The van der Waals surface area contributed by atoms with Crippen molar-refractivity contribution in [3.05, 3.63) is 12.2 Å². The van der Waals surface area contributed by atoms with Gasteiger partial charge < -0.3 is 9.84 Å². The van der Waals surface area contributed by atoms with Crippen molar-refractivity contribution in [2.24, 2.45) is 29.6 Å². The molecule has 0 aromatic carbocycles. The van der Waals surface area contributed by atoms with Crippen LogP contribution in [0.5, 0.6) is 0 Å². The zero-order valence-electron chi connectivity index (χ0n) is 19.5. The van der Waals surface area contributed by atoms with Gasteiger partial charge >= 0.3 is 5.97 Å². The Bertz CT molecular complexity index is 518. The summed E-state index contributed by atoms with van der Waals surface area (Å²) in [5, 5.41) is 9.02. The minimum absolute atomic E-state index is 0.0286. The molecule has 1 N–H and O–H groups in total. The van der Waals surface area contributed by atoms with Crippen molar-refractivity contribution in [2.45, 2.75) is 116 Å². The van der Waals surface area contributed by atoms with Crippen LogP contribution in [-0.2, 0) is 9.53 Å². The average molecular weight is 419 g/mol. The molecule has 0 aromatic rings. The Hall–Kier alpha value is -0.830. The minimum Gasteiger partial charge on any atom is -0.459 e. The van der Waals surface area contributed by atoms with Gasteiger partial charge in [0.15, 0.2) is 0 Å². The van der Waals surface area contributed by atoms with E-state index < -0.39 is 5.97 Å². The summed E-state index contributed by atoms with van der Waals surface area (Å²) in [6.45, 7) is 5.57. The Kier molecular flexibility index (Phi) is 9.74. The highest BCUT2D eigenvalue weighted by molar-refractivity contribution is 5.88. The summed E-state index contributed by atoms with van der Waals surface area (Å²) in [5.74, 6) is 4.36. The molecule has 0 saturated heterocycles. The second kappa shape index (κ2) is 12.3. The van der Waals surface area contributed by atoms with Crippen molar-refractivity contribution in [2.75, 3.05) is 6.61 Å². The van der Waals surface area contributed by atoms with E-state index in [-0.39, 0.29) is 18.3 Å². The lowest BCUT2D eigenvalue weighted by Gasteiger charge is -2.41. The number of rotatable bonds is 9. The van der Waals surface area contributed by atoms with E-state index in [9.17, 15) is 4.79 Å². The first kappa shape index (κ1) is 23.8. The topological polar surface area (TPSA) is 46.5 Å². The van der Waals surface area contributed by atoms with Gasteiger partial charge in [-0.05, 0) is 93.8 Å². The molecular formula is C27H46O3. The van der Waals surface area contributed by atoms with Crippen LogP contribution in [0.25, 0.3) is 0 Å². The molecule has 0 atom stereocenters. The fourth-order valence-electron chi connectivity index (χ4n) is 6.70. The van der Waals surface area contributed by atoms with Crippen molar-refractivity contribution in [3.63, 3.8) is 0 Å². The predicted molar refractivity (Wildman–Crippen MR) is 123 cm³/mol. The van der Waals surface area contributed by atoms with Gasteiger partial charge in [-0.3, -0.25) is 0 Å². The number of unbranched alkanes of at least 4 members (excludes halogenated alkanes) is 2. The highest BCUT2D eigenvalue weighted by Crippen LogP contribution is 2.46. The van der Waals surface area contributed by atoms with Crippen LogP contribution < -0.4 is 0 Å². The van der Waals surface area contributed by atoms with E-state index in [4.69, 9.17) is 9.84 Å². The van der Waals surface area contributed by atoms with Crippen LogP contribution in [0.1, 0.15) is 110 Å². The number of carbonyl (C=O) groups is 1. The molecule has 0 heterocycles. The highest BCUT2D eigenvalue weighted by Gasteiger charge is 2.35. The third-order valence-corrected chi connectivity index (χ3v) is 8.73. The fraction of sp³-hybridized carbons (Fsp3) is 0.889. The summed E-state index contributed by atoms with van der Waals surface area (Å²) in [7, 11) is 0. The fourth-order valence-corrected chi connectivity index (χ4v) is 6.70. The monoisotopic (exact) mass is 418 g/mol. The van der Waals surface area contributed by atoms with E-state index >= 15 is 0 Å². The second-order valence-corrected chi connectivity index (χ2v) is 10.7. The molecule has 0 unspecified atom stereocenters. The molecular weight excluding hydrogens is 372 g/mol. The molecule has 0 aromatic heterocycles. The van der Waals surface area contributed by atoms with Crippen LogP contribution in [-0.4, -0.2) is 23.8 Å². The zero-order chi connectivity index (χ0) is 21.3. The van der Waals surface area contributed by atoms with Crippen LogP contribution >= 0.6 is 0 Å². The van der Waals surface area contributed by atoms with Crippen molar-refractivity contribution in [1.82, 2.24) is 0 Å². The quantitative estimate of drug-likeness (QED) is 0.253. The molecule has 0 aliphatic heterocycles. The van der Waals surface area contributed by atoms with E-state index in [0.29, 0.717) is 0 Å². The molecule has 0 spiro atoms. The van der Waals surface area contributed by atoms with Gasteiger partial charge in [0.05, 0.1) is 12.2 Å². The summed E-state index contributed by atoms with van der Waals surface area (Å²) < 4.78 is 5.52. The van der Waals surface area contributed by atoms with E-state index in [0.717, 1.165) is 42.4 Å². The Morgan fingerprint density at radius 1 is 0.800 bits per heavy atom. The molecule has 172 valence electrons. The average Bonchev–Trinajstić information content (AvgIpc) is 2.80. The smallest absolute Gasteiger partial charge is 0.336 e. The minimum atomic E-state index is -0.415. The maximum Gasteiger partial charge on any atom is 0.336 e. The lowest BCUT2D eigenvalue weighted by Crippen LogP contribution is -2.32. The van der Waals surface area contributed by atoms with Gasteiger partial charge in [0.1, 0.15) is 6.10 Å². The Balaban J connectivity index is 1.32. The number of aliphatic hydroxyl groups is 1. The molecule has 3 aliphatic rings. The third kappa shape index (κ3) is 6.84. The van der Waals surface area contributed by atoms with Gasteiger partial charge in [-0.2, -0.15) is 0 Å². The van der Waals surface area contributed by atoms with Crippen LogP contribution in [0.15, 0.2) is 12.2 Å². The van der Waals surface area contributed by atoms with E-state index in [2.05, 4.69) is 13.5 Å². The Labute approximate surface area is 185 Å². The third-order valence-electron chi connectivity index (χ3n) is 8.73. The molecule has 0 radical (unpaired) electrons. The van der Waals surface area contributed by atoms with E-state index in [1.54, 1.807) is 0 Å². The molecule has 3 fully saturated rings. The van der Waals surface area contributed by atoms with Crippen molar-refractivity contribution in [3.8, 4) is 0 Å². The number of carbonyl (C=O) groups excluding carboxylic acids is 1. The van der Waals surface area contributed by atoms with E-state index in [1.165, 1.54) is 89.9 Å². The Morgan fingerprint density at radius 3 is 1.73 bits per heavy atom. The summed E-state index contributed by atoms with van der Waals surface area (Å²) in [6.07, 6.45) is 21.9.